The van der Waals surface area contributed by atoms with E-state index in [0.717, 1.165) is 5.82 Å². The second-order valence-corrected chi connectivity index (χ2v) is 3.50. The molecule has 1 aromatic rings. The fourth-order valence-electron chi connectivity index (χ4n) is 1.33. The van der Waals surface area contributed by atoms with Crippen molar-refractivity contribution in [3.8, 4) is 0 Å². The molecule has 5 nitrogen and oxygen atoms in total. The van der Waals surface area contributed by atoms with Gasteiger partial charge in [0, 0.05) is 19.8 Å². The summed E-state index contributed by atoms with van der Waals surface area (Å²) in [6.07, 6.45) is 0.922. The first-order valence-electron chi connectivity index (χ1n) is 5.00. The first-order valence-corrected chi connectivity index (χ1v) is 5.00. The molecular formula is C11H16N2O3. The first-order chi connectivity index (χ1) is 7.63. The Labute approximate surface area is 94.7 Å². The van der Waals surface area contributed by atoms with Gasteiger partial charge in [-0.1, -0.05) is 6.07 Å². The van der Waals surface area contributed by atoms with Gasteiger partial charge in [0.05, 0.1) is 19.6 Å². The molecular weight excluding hydrogens is 208 g/mol. The van der Waals surface area contributed by atoms with E-state index in [1.54, 1.807) is 11.1 Å². The number of ether oxygens (including phenoxy) is 1. The van der Waals surface area contributed by atoms with Gasteiger partial charge in [0.1, 0.15) is 5.82 Å². The van der Waals surface area contributed by atoms with Gasteiger partial charge >= 0.3 is 5.97 Å². The largest absolute Gasteiger partial charge is 0.469 e. The molecule has 16 heavy (non-hydrogen) atoms. The number of methoxy groups -OCH3 is 1. The van der Waals surface area contributed by atoms with Crippen LogP contribution >= 0.6 is 0 Å². The Bertz CT molecular complexity index is 329. The van der Waals surface area contributed by atoms with Crippen LogP contribution in [0.4, 0.5) is 5.82 Å². The summed E-state index contributed by atoms with van der Waals surface area (Å²) in [5, 5.41) is 9.61. The summed E-state index contributed by atoms with van der Waals surface area (Å²) in [7, 11) is 3.11. The summed E-state index contributed by atoms with van der Waals surface area (Å²) in [5.74, 6) is 0.341. The number of likely N-dealkylation sites (N-methyl/N-ethyl adjacent to an activating group) is 1. The molecule has 0 bridgehead atoms. The van der Waals surface area contributed by atoms with Crippen molar-refractivity contribution in [1.82, 2.24) is 4.98 Å². The number of esters is 1. The standard InChI is InChI=1S/C11H16N2O3/c1-13(10-5-3-4-6-12-10)8-9(14)7-11(15)16-2/h3-6,9,14H,7-8H2,1-2H3. The van der Waals surface area contributed by atoms with Crippen molar-refractivity contribution in [1.29, 1.82) is 0 Å². The van der Waals surface area contributed by atoms with E-state index in [1.165, 1.54) is 7.11 Å². The average molecular weight is 224 g/mol. The second-order valence-electron chi connectivity index (χ2n) is 3.50. The number of nitrogens with zero attached hydrogens (tertiary/aromatic N) is 2. The molecule has 88 valence electrons. The van der Waals surface area contributed by atoms with Crippen molar-refractivity contribution < 1.29 is 14.6 Å². The number of aromatic nitrogens is 1. The molecule has 1 aromatic heterocycles. The number of anilines is 1. The van der Waals surface area contributed by atoms with E-state index < -0.39 is 12.1 Å². The number of aliphatic hydroxyl groups is 1. The molecule has 1 N–H and O–H groups in total. The highest BCUT2D eigenvalue weighted by Crippen LogP contribution is 2.08. The molecule has 0 saturated heterocycles. The third-order valence-electron chi connectivity index (χ3n) is 2.15. The van der Waals surface area contributed by atoms with Crippen LogP contribution < -0.4 is 4.90 Å². The molecule has 1 rings (SSSR count). The van der Waals surface area contributed by atoms with Crippen molar-refractivity contribution in [2.24, 2.45) is 0 Å². The van der Waals surface area contributed by atoms with Crippen molar-refractivity contribution in [2.45, 2.75) is 12.5 Å². The van der Waals surface area contributed by atoms with Crippen LogP contribution in [-0.4, -0.2) is 42.9 Å². The molecule has 0 aliphatic carbocycles. The normalized spacial score (nSPS) is 11.9. The third-order valence-corrected chi connectivity index (χ3v) is 2.15. The van der Waals surface area contributed by atoms with E-state index in [0.29, 0.717) is 6.54 Å². The highest BCUT2D eigenvalue weighted by atomic mass is 16.5. The van der Waals surface area contributed by atoms with Crippen molar-refractivity contribution in [3.63, 3.8) is 0 Å². The van der Waals surface area contributed by atoms with Gasteiger partial charge in [-0.05, 0) is 12.1 Å². The lowest BCUT2D eigenvalue weighted by atomic mass is 10.2. The summed E-state index contributed by atoms with van der Waals surface area (Å²) < 4.78 is 4.48. The zero-order chi connectivity index (χ0) is 12.0. The lowest BCUT2D eigenvalue weighted by molar-refractivity contribution is -0.142. The fourth-order valence-corrected chi connectivity index (χ4v) is 1.33. The number of hydrogen-bond acceptors (Lipinski definition) is 5. The molecule has 0 fully saturated rings. The summed E-state index contributed by atoms with van der Waals surface area (Å²) in [5.41, 5.74) is 0. The smallest absolute Gasteiger partial charge is 0.308 e. The number of pyridine rings is 1. The van der Waals surface area contributed by atoms with Crippen LogP contribution in [0.25, 0.3) is 0 Å². The van der Waals surface area contributed by atoms with E-state index in [1.807, 2.05) is 25.2 Å². The molecule has 0 radical (unpaired) electrons. The molecule has 0 aromatic carbocycles. The maximum atomic E-state index is 10.9. The maximum Gasteiger partial charge on any atom is 0.308 e. The topological polar surface area (TPSA) is 62.7 Å². The third kappa shape index (κ3) is 3.86. The minimum absolute atomic E-state index is 0.00628. The molecule has 1 heterocycles. The number of carbonyl (C=O) groups is 1. The Kier molecular flexibility index (Phi) is 4.72. The van der Waals surface area contributed by atoms with Gasteiger partial charge < -0.3 is 14.7 Å². The zero-order valence-corrected chi connectivity index (χ0v) is 9.46. The van der Waals surface area contributed by atoms with E-state index >= 15 is 0 Å². The van der Waals surface area contributed by atoms with Crippen LogP contribution in [0.1, 0.15) is 6.42 Å². The van der Waals surface area contributed by atoms with Gasteiger partial charge in [-0.15, -0.1) is 0 Å². The van der Waals surface area contributed by atoms with E-state index in [4.69, 9.17) is 0 Å². The minimum atomic E-state index is -0.751. The Balaban J connectivity index is 2.45. The van der Waals surface area contributed by atoms with Crippen LogP contribution in [-0.2, 0) is 9.53 Å². The summed E-state index contributed by atoms with van der Waals surface area (Å²) in [4.78, 5) is 16.8. The SMILES string of the molecule is COC(=O)CC(O)CN(C)c1ccccn1. The van der Waals surface area contributed by atoms with E-state index in [9.17, 15) is 9.90 Å². The summed E-state index contributed by atoms with van der Waals surface area (Å²) >= 11 is 0. The highest BCUT2D eigenvalue weighted by molar-refractivity contribution is 5.69. The van der Waals surface area contributed by atoms with Crippen LogP contribution in [0.15, 0.2) is 24.4 Å². The Morgan fingerprint density at radius 1 is 1.62 bits per heavy atom. The van der Waals surface area contributed by atoms with Crippen molar-refractivity contribution in [3.05, 3.63) is 24.4 Å². The highest BCUT2D eigenvalue weighted by Gasteiger charge is 2.13. The molecule has 0 spiro atoms. The van der Waals surface area contributed by atoms with Crippen molar-refractivity contribution >= 4 is 11.8 Å². The monoisotopic (exact) mass is 224 g/mol. The Hall–Kier alpha value is -1.62. The average Bonchev–Trinajstić information content (AvgIpc) is 2.29. The van der Waals surface area contributed by atoms with Gasteiger partial charge in [0.25, 0.3) is 0 Å². The van der Waals surface area contributed by atoms with Crippen LogP contribution in [0.2, 0.25) is 0 Å². The van der Waals surface area contributed by atoms with Gasteiger partial charge in [-0.25, -0.2) is 4.98 Å². The van der Waals surface area contributed by atoms with Gasteiger partial charge in [0.2, 0.25) is 0 Å². The quantitative estimate of drug-likeness (QED) is 0.735. The number of carbonyl (C=O) groups excluding carboxylic acids is 1. The van der Waals surface area contributed by atoms with Crippen LogP contribution in [0.3, 0.4) is 0 Å². The molecule has 0 saturated carbocycles. The summed E-state index contributed by atoms with van der Waals surface area (Å²) in [6, 6.07) is 5.53. The second kappa shape index (κ2) is 6.07. The molecule has 0 amide bonds. The fraction of sp³-hybridized carbons (Fsp3) is 0.455. The lowest BCUT2D eigenvalue weighted by Gasteiger charge is -2.20. The van der Waals surface area contributed by atoms with E-state index in [-0.39, 0.29) is 6.42 Å². The molecule has 0 aliphatic heterocycles. The van der Waals surface area contributed by atoms with Gasteiger partial charge in [0.15, 0.2) is 0 Å². The molecule has 1 atom stereocenters. The lowest BCUT2D eigenvalue weighted by Crippen LogP contribution is -2.31. The van der Waals surface area contributed by atoms with Crippen molar-refractivity contribution in [2.75, 3.05) is 25.6 Å². The number of hydrogen-bond donors (Lipinski definition) is 1. The molecule has 0 aliphatic rings. The van der Waals surface area contributed by atoms with E-state index in [2.05, 4.69) is 9.72 Å². The zero-order valence-electron chi connectivity index (χ0n) is 9.46. The maximum absolute atomic E-state index is 10.9. The minimum Gasteiger partial charge on any atom is -0.469 e. The predicted molar refractivity (Wildman–Crippen MR) is 60.1 cm³/mol. The predicted octanol–water partition coefficient (Wildman–Crippen LogP) is 0.442. The number of aliphatic hydroxyl groups excluding tert-OH is 1. The number of rotatable bonds is 5. The summed E-state index contributed by atoms with van der Waals surface area (Å²) in [6.45, 7) is 0.339. The van der Waals surface area contributed by atoms with Gasteiger partial charge in [-0.3, -0.25) is 4.79 Å². The first kappa shape index (κ1) is 12.4. The van der Waals surface area contributed by atoms with Crippen LogP contribution in [0, 0.1) is 0 Å². The van der Waals surface area contributed by atoms with Gasteiger partial charge in [-0.2, -0.15) is 0 Å². The molecule has 1 unspecified atom stereocenters. The Morgan fingerprint density at radius 2 is 2.38 bits per heavy atom. The Morgan fingerprint density at radius 3 is 2.94 bits per heavy atom. The van der Waals surface area contributed by atoms with Crippen LogP contribution in [0.5, 0.6) is 0 Å². The molecule has 5 heteroatoms.